The van der Waals surface area contributed by atoms with Crippen molar-refractivity contribution in [2.75, 3.05) is 0 Å². The maximum atomic E-state index is 12.3. The Kier molecular flexibility index (Phi) is 2.45. The first-order chi connectivity index (χ1) is 11.1. The number of thiophene rings is 1. The Morgan fingerprint density at radius 2 is 2.22 bits per heavy atom. The predicted octanol–water partition coefficient (Wildman–Crippen LogP) is 3.00. The van der Waals surface area contributed by atoms with Crippen LogP contribution in [0.3, 0.4) is 0 Å². The summed E-state index contributed by atoms with van der Waals surface area (Å²) < 4.78 is 6.95. The molecular formula is C16H14N4O2S. The SMILES string of the molecule is Cc1cc(-c2nc3c4c5c(sc4[nH]c(=O)n3n2)CCC5)c(C)o1. The highest BCUT2D eigenvalue weighted by atomic mass is 32.1. The van der Waals surface area contributed by atoms with Gasteiger partial charge in [0.2, 0.25) is 0 Å². The van der Waals surface area contributed by atoms with Gasteiger partial charge >= 0.3 is 5.69 Å². The van der Waals surface area contributed by atoms with Gasteiger partial charge in [0.1, 0.15) is 16.4 Å². The summed E-state index contributed by atoms with van der Waals surface area (Å²) in [6, 6.07) is 1.91. The summed E-state index contributed by atoms with van der Waals surface area (Å²) in [6.07, 6.45) is 3.30. The van der Waals surface area contributed by atoms with Crippen LogP contribution in [0, 0.1) is 13.8 Å². The molecule has 23 heavy (non-hydrogen) atoms. The van der Waals surface area contributed by atoms with Gasteiger partial charge in [-0.2, -0.15) is 4.52 Å². The van der Waals surface area contributed by atoms with Crippen LogP contribution in [-0.2, 0) is 12.8 Å². The van der Waals surface area contributed by atoms with Crippen LogP contribution in [0.15, 0.2) is 15.3 Å². The van der Waals surface area contributed by atoms with Crippen LogP contribution < -0.4 is 5.69 Å². The summed E-state index contributed by atoms with van der Waals surface area (Å²) in [5.41, 5.74) is 2.57. The molecule has 1 aliphatic rings. The lowest BCUT2D eigenvalue weighted by atomic mass is 10.2. The lowest BCUT2D eigenvalue weighted by Crippen LogP contribution is -2.17. The van der Waals surface area contributed by atoms with Gasteiger partial charge in [-0.05, 0) is 44.7 Å². The normalized spacial score (nSPS) is 14.2. The van der Waals surface area contributed by atoms with Gasteiger partial charge in [-0.15, -0.1) is 16.4 Å². The molecule has 0 saturated carbocycles. The van der Waals surface area contributed by atoms with Gasteiger partial charge < -0.3 is 4.42 Å². The average molecular weight is 326 g/mol. The van der Waals surface area contributed by atoms with Crippen molar-refractivity contribution in [2.24, 2.45) is 0 Å². The fourth-order valence-corrected chi connectivity index (χ4v) is 4.74. The van der Waals surface area contributed by atoms with Crippen molar-refractivity contribution in [1.29, 1.82) is 0 Å². The number of nitrogens with one attached hydrogen (secondary N) is 1. The first kappa shape index (κ1) is 13.1. The van der Waals surface area contributed by atoms with Crippen molar-refractivity contribution in [2.45, 2.75) is 33.1 Å². The van der Waals surface area contributed by atoms with Crippen molar-refractivity contribution in [3.05, 3.63) is 38.5 Å². The van der Waals surface area contributed by atoms with Gasteiger partial charge in [-0.1, -0.05) is 0 Å². The molecular weight excluding hydrogens is 312 g/mol. The number of hydrogen-bond acceptors (Lipinski definition) is 5. The molecule has 0 atom stereocenters. The topological polar surface area (TPSA) is 76.2 Å². The van der Waals surface area contributed by atoms with Crippen LogP contribution in [0.5, 0.6) is 0 Å². The molecule has 0 radical (unpaired) electrons. The lowest BCUT2D eigenvalue weighted by molar-refractivity contribution is 0.505. The highest BCUT2D eigenvalue weighted by Gasteiger charge is 2.23. The monoisotopic (exact) mass is 326 g/mol. The molecule has 0 spiro atoms. The Balaban J connectivity index is 1.89. The molecule has 116 valence electrons. The van der Waals surface area contributed by atoms with E-state index in [0.29, 0.717) is 11.5 Å². The van der Waals surface area contributed by atoms with E-state index in [1.165, 1.54) is 21.4 Å². The van der Waals surface area contributed by atoms with Gasteiger partial charge in [-0.25, -0.2) is 9.78 Å². The highest BCUT2D eigenvalue weighted by molar-refractivity contribution is 7.19. The quantitative estimate of drug-likeness (QED) is 0.583. The van der Waals surface area contributed by atoms with Gasteiger partial charge in [0.05, 0.1) is 10.9 Å². The third-order valence-electron chi connectivity index (χ3n) is 4.45. The van der Waals surface area contributed by atoms with Gasteiger partial charge in [0.25, 0.3) is 0 Å². The van der Waals surface area contributed by atoms with Crippen LogP contribution in [0.25, 0.3) is 27.3 Å². The molecule has 0 aliphatic heterocycles. The first-order valence-electron chi connectivity index (χ1n) is 7.62. The molecule has 0 aromatic carbocycles. The minimum atomic E-state index is -0.246. The zero-order valence-corrected chi connectivity index (χ0v) is 13.6. The molecule has 5 rings (SSSR count). The minimum absolute atomic E-state index is 0.246. The van der Waals surface area contributed by atoms with Crippen molar-refractivity contribution >= 4 is 27.2 Å². The van der Waals surface area contributed by atoms with E-state index in [9.17, 15) is 4.79 Å². The molecule has 0 fully saturated rings. The summed E-state index contributed by atoms with van der Waals surface area (Å²) in [6.45, 7) is 3.78. The third kappa shape index (κ3) is 1.71. The number of H-pyrrole nitrogens is 1. The van der Waals surface area contributed by atoms with E-state index in [0.717, 1.165) is 40.1 Å². The molecule has 0 bridgehead atoms. The number of aryl methyl sites for hydroxylation is 4. The number of hydrogen-bond donors (Lipinski definition) is 1. The number of furan rings is 1. The Bertz CT molecular complexity index is 1140. The van der Waals surface area contributed by atoms with Gasteiger partial charge in [0, 0.05) is 4.88 Å². The zero-order valence-electron chi connectivity index (χ0n) is 12.8. The fourth-order valence-electron chi connectivity index (χ4n) is 3.46. The smallest absolute Gasteiger partial charge is 0.349 e. The number of aromatic amines is 1. The number of fused-ring (bicyclic) bond motifs is 5. The molecule has 0 unspecified atom stereocenters. The van der Waals surface area contributed by atoms with Crippen molar-refractivity contribution < 1.29 is 4.42 Å². The Morgan fingerprint density at radius 1 is 1.35 bits per heavy atom. The third-order valence-corrected chi connectivity index (χ3v) is 5.65. The lowest BCUT2D eigenvalue weighted by Gasteiger charge is -1.95. The molecule has 4 aromatic rings. The molecule has 4 heterocycles. The van der Waals surface area contributed by atoms with Crippen LogP contribution >= 0.6 is 11.3 Å². The van der Waals surface area contributed by atoms with Crippen molar-refractivity contribution in [3.63, 3.8) is 0 Å². The second-order valence-corrected chi connectivity index (χ2v) is 7.09. The van der Waals surface area contributed by atoms with Crippen LogP contribution in [0.2, 0.25) is 0 Å². The molecule has 4 aromatic heterocycles. The zero-order chi connectivity index (χ0) is 15.7. The molecule has 6 nitrogen and oxygen atoms in total. The predicted molar refractivity (Wildman–Crippen MR) is 88.2 cm³/mol. The largest absolute Gasteiger partial charge is 0.466 e. The van der Waals surface area contributed by atoms with E-state index in [4.69, 9.17) is 4.42 Å². The van der Waals surface area contributed by atoms with E-state index in [1.54, 1.807) is 11.3 Å². The second-order valence-electron chi connectivity index (χ2n) is 5.99. The number of rotatable bonds is 1. The van der Waals surface area contributed by atoms with Gasteiger partial charge in [0.15, 0.2) is 11.5 Å². The number of aromatic nitrogens is 4. The summed E-state index contributed by atoms with van der Waals surface area (Å²) in [5.74, 6) is 2.11. The van der Waals surface area contributed by atoms with Crippen molar-refractivity contribution in [1.82, 2.24) is 19.6 Å². The Labute approximate surface area is 134 Å². The minimum Gasteiger partial charge on any atom is -0.466 e. The van der Waals surface area contributed by atoms with Crippen molar-refractivity contribution in [3.8, 4) is 11.4 Å². The van der Waals surface area contributed by atoms with Crippen LogP contribution in [0.4, 0.5) is 0 Å². The summed E-state index contributed by atoms with van der Waals surface area (Å²) in [5, 5.41) is 5.47. The van der Waals surface area contributed by atoms with Gasteiger partial charge in [-0.3, -0.25) is 4.98 Å². The fraction of sp³-hybridized carbons (Fsp3) is 0.312. The van der Waals surface area contributed by atoms with Crippen LogP contribution in [0.1, 0.15) is 28.4 Å². The molecule has 1 aliphatic carbocycles. The Hall–Kier alpha value is -2.41. The first-order valence-corrected chi connectivity index (χ1v) is 8.44. The average Bonchev–Trinajstić information content (AvgIpc) is 3.20. The standard InChI is InChI=1S/C16H14N4O2S/c1-7-6-10(8(2)22-7)13-17-14-12-9-4-3-5-11(9)23-15(12)18-16(21)20(14)19-13/h6H,3-5H2,1-2H3,(H,18,21). The number of nitrogens with zero attached hydrogens (tertiary/aromatic N) is 3. The van der Waals surface area contributed by atoms with E-state index < -0.39 is 0 Å². The second kappa shape index (κ2) is 4.32. The summed E-state index contributed by atoms with van der Waals surface area (Å²) in [7, 11) is 0. The molecule has 1 N–H and O–H groups in total. The summed E-state index contributed by atoms with van der Waals surface area (Å²) in [4.78, 5) is 22.2. The molecule has 7 heteroatoms. The van der Waals surface area contributed by atoms with E-state index in [-0.39, 0.29) is 5.69 Å². The highest BCUT2D eigenvalue weighted by Crippen LogP contribution is 2.37. The molecule has 0 amide bonds. The maximum Gasteiger partial charge on any atom is 0.349 e. The molecule has 0 saturated heterocycles. The van der Waals surface area contributed by atoms with E-state index >= 15 is 0 Å². The van der Waals surface area contributed by atoms with E-state index in [1.807, 2.05) is 19.9 Å². The maximum absolute atomic E-state index is 12.3. The summed E-state index contributed by atoms with van der Waals surface area (Å²) >= 11 is 1.67. The van der Waals surface area contributed by atoms with E-state index in [2.05, 4.69) is 15.1 Å². The Morgan fingerprint density at radius 3 is 3.00 bits per heavy atom. The van der Waals surface area contributed by atoms with Crippen LogP contribution in [-0.4, -0.2) is 19.6 Å².